The SMILES string of the molecule is N#CNC(=NCc1ccc2c(c1)CCCCC2)Oc1ccccc1. The second-order valence-electron chi connectivity index (χ2n) is 5.94. The van der Waals surface area contributed by atoms with Crippen LogP contribution >= 0.6 is 0 Å². The van der Waals surface area contributed by atoms with E-state index in [1.165, 1.54) is 36.8 Å². The summed E-state index contributed by atoms with van der Waals surface area (Å²) in [6.07, 6.45) is 8.06. The predicted octanol–water partition coefficient (Wildman–Crippen LogP) is 3.96. The normalized spacial score (nSPS) is 14.2. The Morgan fingerprint density at radius 1 is 1.04 bits per heavy atom. The van der Waals surface area contributed by atoms with Gasteiger partial charge in [0, 0.05) is 0 Å². The van der Waals surface area contributed by atoms with Crippen LogP contribution in [0.1, 0.15) is 36.0 Å². The minimum Gasteiger partial charge on any atom is -0.425 e. The van der Waals surface area contributed by atoms with E-state index >= 15 is 0 Å². The molecule has 0 unspecified atom stereocenters. The number of hydrogen-bond donors (Lipinski definition) is 1. The Morgan fingerprint density at radius 3 is 2.62 bits per heavy atom. The molecule has 2 aromatic rings. The van der Waals surface area contributed by atoms with Crippen molar-refractivity contribution in [2.24, 2.45) is 4.99 Å². The quantitative estimate of drug-likeness (QED) is 0.306. The molecule has 4 heteroatoms. The maximum atomic E-state index is 8.88. The lowest BCUT2D eigenvalue weighted by Crippen LogP contribution is -2.24. The zero-order chi connectivity index (χ0) is 16.6. The van der Waals surface area contributed by atoms with Crippen LogP contribution in [-0.4, -0.2) is 6.02 Å². The Labute approximate surface area is 142 Å². The van der Waals surface area contributed by atoms with Gasteiger partial charge in [0.15, 0.2) is 6.19 Å². The Morgan fingerprint density at radius 2 is 1.83 bits per heavy atom. The first kappa shape index (κ1) is 16.1. The fourth-order valence-corrected chi connectivity index (χ4v) is 2.97. The summed E-state index contributed by atoms with van der Waals surface area (Å²) in [5.74, 6) is 0.654. The molecule has 2 aromatic carbocycles. The van der Waals surface area contributed by atoms with Crippen LogP contribution < -0.4 is 10.1 Å². The number of nitrogens with one attached hydrogen (secondary N) is 1. The molecular formula is C20H21N3O. The Hall–Kier alpha value is -2.80. The van der Waals surface area contributed by atoms with E-state index < -0.39 is 0 Å². The van der Waals surface area contributed by atoms with Gasteiger partial charge in [-0.2, -0.15) is 5.26 Å². The first-order chi connectivity index (χ1) is 11.8. The van der Waals surface area contributed by atoms with Crippen molar-refractivity contribution in [1.82, 2.24) is 5.32 Å². The molecule has 0 aliphatic heterocycles. The summed E-state index contributed by atoms with van der Waals surface area (Å²) in [6.45, 7) is 0.490. The third kappa shape index (κ3) is 4.36. The van der Waals surface area contributed by atoms with E-state index in [1.807, 2.05) is 36.5 Å². The van der Waals surface area contributed by atoms with Crippen LogP contribution in [0, 0.1) is 11.5 Å². The number of rotatable bonds is 3. The van der Waals surface area contributed by atoms with E-state index in [-0.39, 0.29) is 6.02 Å². The minimum absolute atomic E-state index is 0.221. The fraction of sp³-hybridized carbons (Fsp3) is 0.300. The van der Waals surface area contributed by atoms with Crippen LogP contribution in [0.2, 0.25) is 0 Å². The zero-order valence-corrected chi connectivity index (χ0v) is 13.7. The highest BCUT2D eigenvalue weighted by Crippen LogP contribution is 2.22. The summed E-state index contributed by atoms with van der Waals surface area (Å²) in [4.78, 5) is 4.41. The van der Waals surface area contributed by atoms with Crippen LogP contribution in [0.25, 0.3) is 0 Å². The average molecular weight is 319 g/mol. The highest BCUT2D eigenvalue weighted by Gasteiger charge is 2.09. The van der Waals surface area contributed by atoms with E-state index in [4.69, 9.17) is 10.00 Å². The largest absolute Gasteiger partial charge is 0.425 e. The van der Waals surface area contributed by atoms with Crippen LogP contribution in [0.4, 0.5) is 0 Å². The molecule has 1 aliphatic carbocycles. The summed E-state index contributed by atoms with van der Waals surface area (Å²) in [7, 11) is 0. The highest BCUT2D eigenvalue weighted by molar-refractivity contribution is 5.77. The molecule has 4 nitrogen and oxygen atoms in total. The number of hydrogen-bond acceptors (Lipinski definition) is 3. The second-order valence-corrected chi connectivity index (χ2v) is 5.94. The van der Waals surface area contributed by atoms with E-state index in [1.54, 1.807) is 0 Å². The number of para-hydroxylation sites is 1. The van der Waals surface area contributed by atoms with E-state index in [0.29, 0.717) is 12.3 Å². The monoisotopic (exact) mass is 319 g/mol. The molecule has 1 aliphatic rings. The van der Waals surface area contributed by atoms with Gasteiger partial charge < -0.3 is 4.74 Å². The van der Waals surface area contributed by atoms with Crippen molar-refractivity contribution in [2.75, 3.05) is 0 Å². The topological polar surface area (TPSA) is 57.4 Å². The highest BCUT2D eigenvalue weighted by atomic mass is 16.5. The Kier molecular flexibility index (Phi) is 5.47. The number of ether oxygens (including phenoxy) is 1. The molecule has 0 fully saturated rings. The molecule has 0 saturated heterocycles. The number of benzene rings is 2. The maximum absolute atomic E-state index is 8.88. The van der Waals surface area contributed by atoms with Crippen molar-refractivity contribution >= 4 is 6.02 Å². The van der Waals surface area contributed by atoms with Crippen LogP contribution in [0.3, 0.4) is 0 Å². The summed E-state index contributed by atoms with van der Waals surface area (Å²) >= 11 is 0. The van der Waals surface area contributed by atoms with E-state index in [0.717, 1.165) is 12.0 Å². The lowest BCUT2D eigenvalue weighted by Gasteiger charge is -2.09. The van der Waals surface area contributed by atoms with Gasteiger partial charge in [0.05, 0.1) is 6.54 Å². The maximum Gasteiger partial charge on any atom is 0.304 e. The molecule has 0 radical (unpaired) electrons. The van der Waals surface area contributed by atoms with Gasteiger partial charge in [-0.1, -0.05) is 42.8 Å². The molecule has 0 amide bonds. The number of amidine groups is 1. The molecule has 0 bridgehead atoms. The molecule has 0 heterocycles. The van der Waals surface area contributed by atoms with Crippen molar-refractivity contribution in [1.29, 1.82) is 5.26 Å². The smallest absolute Gasteiger partial charge is 0.304 e. The third-order valence-corrected chi connectivity index (χ3v) is 4.19. The minimum atomic E-state index is 0.221. The van der Waals surface area contributed by atoms with Crippen molar-refractivity contribution in [3.05, 3.63) is 65.2 Å². The first-order valence-electron chi connectivity index (χ1n) is 8.38. The van der Waals surface area contributed by atoms with Crippen molar-refractivity contribution < 1.29 is 4.74 Å². The molecule has 0 aromatic heterocycles. The first-order valence-corrected chi connectivity index (χ1v) is 8.38. The van der Waals surface area contributed by atoms with Gasteiger partial charge in [0.2, 0.25) is 0 Å². The molecule has 122 valence electrons. The zero-order valence-electron chi connectivity index (χ0n) is 13.7. The van der Waals surface area contributed by atoms with Crippen LogP contribution in [0.15, 0.2) is 53.5 Å². The van der Waals surface area contributed by atoms with Crippen LogP contribution in [0.5, 0.6) is 5.75 Å². The lowest BCUT2D eigenvalue weighted by molar-refractivity contribution is 0.526. The lowest BCUT2D eigenvalue weighted by atomic mass is 10.0. The van der Waals surface area contributed by atoms with E-state index in [2.05, 4.69) is 28.5 Å². The number of fused-ring (bicyclic) bond motifs is 1. The number of aliphatic imine (C=N–C) groups is 1. The molecule has 1 N–H and O–H groups in total. The summed E-state index contributed by atoms with van der Waals surface area (Å²) in [6, 6.07) is 16.2. The Bertz CT molecular complexity index is 747. The van der Waals surface area contributed by atoms with Gasteiger partial charge in [-0.25, -0.2) is 10.3 Å². The van der Waals surface area contributed by atoms with Crippen molar-refractivity contribution in [2.45, 2.75) is 38.6 Å². The van der Waals surface area contributed by atoms with Crippen molar-refractivity contribution in [3.8, 4) is 11.9 Å². The van der Waals surface area contributed by atoms with Gasteiger partial charge in [-0.05, 0) is 54.5 Å². The molecular weight excluding hydrogens is 298 g/mol. The summed E-state index contributed by atoms with van der Waals surface area (Å²) in [5.41, 5.74) is 4.06. The predicted molar refractivity (Wildman–Crippen MR) is 94.7 cm³/mol. The van der Waals surface area contributed by atoms with Gasteiger partial charge >= 0.3 is 6.02 Å². The van der Waals surface area contributed by atoms with Gasteiger partial charge in [0.1, 0.15) is 5.75 Å². The second kappa shape index (κ2) is 8.16. The van der Waals surface area contributed by atoms with Crippen LogP contribution in [-0.2, 0) is 19.4 Å². The Balaban J connectivity index is 1.72. The standard InChI is InChI=1S/C20H21N3O/c21-15-23-20(24-19-9-5-2-6-10-19)22-14-16-11-12-17-7-3-1-4-8-18(17)13-16/h2,5-6,9-13H,1,3-4,7-8,14H2,(H,22,23). The van der Waals surface area contributed by atoms with Gasteiger partial charge in [-0.15, -0.1) is 0 Å². The van der Waals surface area contributed by atoms with Gasteiger partial charge in [0.25, 0.3) is 0 Å². The molecule has 0 saturated carbocycles. The van der Waals surface area contributed by atoms with E-state index in [9.17, 15) is 0 Å². The van der Waals surface area contributed by atoms with Crippen molar-refractivity contribution in [3.63, 3.8) is 0 Å². The number of nitrogens with zero attached hydrogens (tertiary/aromatic N) is 2. The molecule has 0 spiro atoms. The average Bonchev–Trinajstić information content (AvgIpc) is 2.85. The third-order valence-electron chi connectivity index (χ3n) is 4.19. The fourth-order valence-electron chi connectivity index (χ4n) is 2.97. The molecule has 3 rings (SSSR count). The molecule has 24 heavy (non-hydrogen) atoms. The summed E-state index contributed by atoms with van der Waals surface area (Å²) in [5, 5.41) is 11.4. The van der Waals surface area contributed by atoms with Gasteiger partial charge in [-0.3, -0.25) is 0 Å². The number of aryl methyl sites for hydroxylation is 2. The summed E-state index contributed by atoms with van der Waals surface area (Å²) < 4.78 is 5.63. The molecule has 0 atom stereocenters. The number of nitriles is 1.